The maximum absolute atomic E-state index is 12.2. The van der Waals surface area contributed by atoms with E-state index in [-0.39, 0.29) is 23.8 Å². The highest BCUT2D eigenvalue weighted by atomic mass is 79.9. The summed E-state index contributed by atoms with van der Waals surface area (Å²) in [4.78, 5) is 29.8. The fraction of sp³-hybridized carbons (Fsp3) is 0.423. The van der Waals surface area contributed by atoms with Crippen LogP contribution < -0.4 is 11.1 Å². The fourth-order valence-electron chi connectivity index (χ4n) is 5.82. The molecule has 1 aromatic carbocycles. The number of likely N-dealkylation sites (N-methyl/N-ethyl adjacent to an activating group) is 1. The topological polar surface area (TPSA) is 103 Å². The first-order valence-electron chi connectivity index (χ1n) is 12.2. The third kappa shape index (κ3) is 4.26. The van der Waals surface area contributed by atoms with Crippen molar-refractivity contribution in [3.8, 4) is 11.4 Å². The van der Waals surface area contributed by atoms with E-state index in [0.717, 1.165) is 66.2 Å². The van der Waals surface area contributed by atoms with Crippen molar-refractivity contribution in [2.75, 3.05) is 38.5 Å². The van der Waals surface area contributed by atoms with E-state index in [4.69, 9.17) is 10.7 Å². The monoisotopic (exact) mass is 535 g/mol. The molecule has 182 valence electrons. The van der Waals surface area contributed by atoms with Crippen LogP contribution >= 0.6 is 15.9 Å². The van der Waals surface area contributed by atoms with Crippen LogP contribution in [0.3, 0.4) is 0 Å². The van der Waals surface area contributed by atoms with Crippen molar-refractivity contribution in [3.05, 3.63) is 52.7 Å². The fourth-order valence-corrected chi connectivity index (χ4v) is 6.23. The highest BCUT2D eigenvalue weighted by Gasteiger charge is 2.47. The highest BCUT2D eigenvalue weighted by Crippen LogP contribution is 2.46. The smallest absolute Gasteiger partial charge is 0.223 e. The minimum absolute atomic E-state index is 0.0370. The first-order chi connectivity index (χ1) is 17.0. The minimum atomic E-state index is -0.247. The average molecular weight is 536 g/mol. The molecule has 9 heteroatoms. The number of carbonyl (C=O) groups excluding carboxylic acids is 1. The number of allylic oxidation sites excluding steroid dienone is 1. The Morgan fingerprint density at radius 3 is 2.66 bits per heavy atom. The first kappa shape index (κ1) is 22.7. The second-order valence-electron chi connectivity index (χ2n) is 10.1. The van der Waals surface area contributed by atoms with E-state index < -0.39 is 0 Å². The normalized spacial score (nSPS) is 26.6. The lowest BCUT2D eigenvalue weighted by molar-refractivity contribution is -0.122. The molecular weight excluding hydrogens is 506 g/mol. The summed E-state index contributed by atoms with van der Waals surface area (Å²) >= 11 is 3.65. The van der Waals surface area contributed by atoms with Crippen LogP contribution in [0.5, 0.6) is 0 Å². The minimum Gasteiger partial charge on any atom is -0.378 e. The molecule has 0 radical (unpaired) electrons. The van der Waals surface area contributed by atoms with Crippen molar-refractivity contribution in [2.45, 2.75) is 19.0 Å². The predicted molar refractivity (Wildman–Crippen MR) is 141 cm³/mol. The zero-order valence-corrected chi connectivity index (χ0v) is 21.3. The summed E-state index contributed by atoms with van der Waals surface area (Å²) in [5, 5.41) is 3.62. The maximum Gasteiger partial charge on any atom is 0.223 e. The van der Waals surface area contributed by atoms with Crippen LogP contribution in [0.2, 0.25) is 0 Å². The van der Waals surface area contributed by atoms with Gasteiger partial charge in [0.1, 0.15) is 11.3 Å². The van der Waals surface area contributed by atoms with Gasteiger partial charge in [-0.15, -0.1) is 0 Å². The molecule has 35 heavy (non-hydrogen) atoms. The van der Waals surface area contributed by atoms with Gasteiger partial charge in [-0.3, -0.25) is 9.69 Å². The number of primary amides is 1. The van der Waals surface area contributed by atoms with Crippen LogP contribution in [-0.4, -0.2) is 69.9 Å². The second kappa shape index (κ2) is 9.04. The van der Waals surface area contributed by atoms with Crippen molar-refractivity contribution in [2.24, 2.45) is 23.5 Å². The molecule has 4 atom stereocenters. The summed E-state index contributed by atoms with van der Waals surface area (Å²) < 4.78 is 0.831. The number of nitrogens with one attached hydrogen (secondary N) is 2. The van der Waals surface area contributed by atoms with E-state index in [1.807, 2.05) is 0 Å². The molecule has 1 amide bonds. The summed E-state index contributed by atoms with van der Waals surface area (Å²) in [7, 11) is 2.18. The molecule has 3 aromatic rings. The van der Waals surface area contributed by atoms with Gasteiger partial charge < -0.3 is 20.9 Å². The number of hydrogen-bond donors (Lipinski definition) is 3. The lowest BCUT2D eigenvalue weighted by atomic mass is 9.88. The number of nitrogens with zero attached hydrogens (tertiary/aromatic N) is 4. The van der Waals surface area contributed by atoms with Crippen LogP contribution in [0.4, 0.5) is 5.69 Å². The number of pyridine rings is 1. The van der Waals surface area contributed by atoms with Gasteiger partial charge >= 0.3 is 0 Å². The van der Waals surface area contributed by atoms with Crippen molar-refractivity contribution in [1.29, 1.82) is 0 Å². The third-order valence-electron chi connectivity index (χ3n) is 7.80. The van der Waals surface area contributed by atoms with E-state index in [1.54, 1.807) is 6.20 Å². The summed E-state index contributed by atoms with van der Waals surface area (Å²) in [5.41, 5.74) is 10.4. The number of piperazine rings is 1. The molecule has 3 aliphatic rings. The number of H-pyrrole nitrogens is 1. The van der Waals surface area contributed by atoms with E-state index >= 15 is 0 Å². The van der Waals surface area contributed by atoms with Crippen LogP contribution in [0.25, 0.3) is 22.6 Å². The average Bonchev–Trinajstić information content (AvgIpc) is 3.58. The molecule has 8 nitrogen and oxygen atoms in total. The number of rotatable bonds is 6. The van der Waals surface area contributed by atoms with Gasteiger partial charge in [-0.25, -0.2) is 9.97 Å². The number of carbonyl (C=O) groups is 1. The van der Waals surface area contributed by atoms with E-state index in [1.165, 1.54) is 5.56 Å². The van der Waals surface area contributed by atoms with E-state index in [9.17, 15) is 4.79 Å². The van der Waals surface area contributed by atoms with Gasteiger partial charge in [0, 0.05) is 50.5 Å². The Hall–Kier alpha value is -2.75. The number of aromatic nitrogens is 3. The number of benzene rings is 1. The predicted octanol–water partition coefficient (Wildman–Crippen LogP) is 3.22. The molecular formula is C26H30BrN7O. The van der Waals surface area contributed by atoms with Crippen LogP contribution in [0.1, 0.15) is 12.0 Å². The molecule has 2 fully saturated rings. The molecule has 3 heterocycles. The number of nitrogens with two attached hydrogens (primary N) is 1. The standard InChI is InChI=1S/C26H30BrN7O/c1-33-8-10-34(11-9-33)14-15-2-4-16(5-3-15)25-31-23-22(19(27)13-29-26(23)32-25)30-21-18-7-6-17(12-18)20(21)24(28)35/h2-7,13,17-18,20-21H,8-12,14H2,1H3,(H2,28,35)(H2,29,30,31,32)/t17-,18-,20+,21-/m1/s1. The van der Waals surface area contributed by atoms with Crippen LogP contribution in [0.15, 0.2) is 47.1 Å². The Kier molecular flexibility index (Phi) is 5.86. The Balaban J connectivity index is 1.24. The highest BCUT2D eigenvalue weighted by molar-refractivity contribution is 9.10. The molecule has 6 rings (SSSR count). The van der Waals surface area contributed by atoms with Gasteiger partial charge in [-0.2, -0.15) is 0 Å². The molecule has 1 saturated carbocycles. The van der Waals surface area contributed by atoms with Gasteiger partial charge in [0.2, 0.25) is 5.91 Å². The lowest BCUT2D eigenvalue weighted by Crippen LogP contribution is -2.43. The third-order valence-corrected chi connectivity index (χ3v) is 8.40. The zero-order chi connectivity index (χ0) is 24.1. The molecule has 2 bridgehead atoms. The summed E-state index contributed by atoms with van der Waals surface area (Å²) in [5.74, 6) is 0.827. The number of aromatic amines is 1. The van der Waals surface area contributed by atoms with E-state index in [2.05, 4.69) is 84.5 Å². The molecule has 4 N–H and O–H groups in total. The molecule has 2 aromatic heterocycles. The number of anilines is 1. The maximum atomic E-state index is 12.2. The van der Waals surface area contributed by atoms with Gasteiger partial charge in [-0.1, -0.05) is 36.4 Å². The largest absolute Gasteiger partial charge is 0.378 e. The number of amides is 1. The molecule has 1 saturated heterocycles. The van der Waals surface area contributed by atoms with Crippen molar-refractivity contribution < 1.29 is 4.79 Å². The lowest BCUT2D eigenvalue weighted by Gasteiger charge is -2.32. The summed E-state index contributed by atoms with van der Waals surface area (Å²) in [6, 6.07) is 8.57. The molecule has 2 aliphatic carbocycles. The summed E-state index contributed by atoms with van der Waals surface area (Å²) in [6.45, 7) is 5.42. The number of hydrogen-bond acceptors (Lipinski definition) is 6. The van der Waals surface area contributed by atoms with Crippen molar-refractivity contribution in [1.82, 2.24) is 24.8 Å². The Morgan fingerprint density at radius 1 is 1.17 bits per heavy atom. The quantitative estimate of drug-likeness (QED) is 0.418. The van der Waals surface area contributed by atoms with Crippen LogP contribution in [0, 0.1) is 17.8 Å². The Morgan fingerprint density at radius 2 is 1.91 bits per heavy atom. The van der Waals surface area contributed by atoms with Crippen LogP contribution in [-0.2, 0) is 11.3 Å². The number of imidazole rings is 1. The van der Waals surface area contributed by atoms with Crippen molar-refractivity contribution in [3.63, 3.8) is 0 Å². The first-order valence-corrected chi connectivity index (χ1v) is 13.0. The van der Waals surface area contributed by atoms with Gasteiger partial charge in [0.15, 0.2) is 5.65 Å². The van der Waals surface area contributed by atoms with E-state index in [0.29, 0.717) is 11.6 Å². The van der Waals surface area contributed by atoms with Gasteiger partial charge in [-0.05, 0) is 46.8 Å². The summed E-state index contributed by atoms with van der Waals surface area (Å²) in [6.07, 6.45) is 7.07. The van der Waals surface area contributed by atoms with Gasteiger partial charge in [0.25, 0.3) is 0 Å². The zero-order valence-electron chi connectivity index (χ0n) is 19.7. The van der Waals surface area contributed by atoms with Crippen molar-refractivity contribution >= 4 is 38.7 Å². The molecule has 0 unspecified atom stereocenters. The molecule has 1 aliphatic heterocycles. The van der Waals surface area contributed by atoms with Gasteiger partial charge in [0.05, 0.1) is 16.1 Å². The molecule has 0 spiro atoms. The SMILES string of the molecule is CN1CCN(Cc2ccc(-c3nc4ncc(Br)c(N[C@H]5[C@@H](C(N)=O)[C@@H]6C=C[C@@H]5C6)c4[nH]3)cc2)CC1. The Labute approximate surface area is 213 Å². The second-order valence-corrected chi connectivity index (χ2v) is 10.9. The number of halogens is 1. The number of fused-ring (bicyclic) bond motifs is 3. The Bertz CT molecular complexity index is 1280.